The zero-order valence-corrected chi connectivity index (χ0v) is 11.4. The third kappa shape index (κ3) is 2.52. The Hall–Kier alpha value is -1.58. The summed E-state index contributed by atoms with van der Waals surface area (Å²) < 4.78 is 33.6. The van der Waals surface area contributed by atoms with Crippen molar-refractivity contribution < 1.29 is 23.7 Å². The highest BCUT2D eigenvalue weighted by Gasteiger charge is 2.60. The summed E-state index contributed by atoms with van der Waals surface area (Å²) in [6.45, 7) is 2.82. The molecule has 1 aliphatic rings. The van der Waals surface area contributed by atoms with E-state index in [4.69, 9.17) is 4.74 Å². The lowest BCUT2D eigenvalue weighted by molar-refractivity contribution is -0.141. The Labute approximate surface area is 117 Å². The fourth-order valence-electron chi connectivity index (χ4n) is 2.26. The zero-order valence-electron chi connectivity index (χ0n) is 11.4. The number of hydrogen-bond donors (Lipinski definition) is 3. The summed E-state index contributed by atoms with van der Waals surface area (Å²) in [6.07, 6.45) is -6.02. The molecule has 1 fully saturated rings. The minimum absolute atomic E-state index is 0.129. The predicted octanol–water partition coefficient (Wildman–Crippen LogP) is -0.627. The molecule has 1 aromatic rings. The van der Waals surface area contributed by atoms with Gasteiger partial charge in [0.25, 0.3) is 5.56 Å². The van der Waals surface area contributed by atoms with Crippen LogP contribution >= 0.6 is 0 Å². The molecule has 21 heavy (non-hydrogen) atoms. The van der Waals surface area contributed by atoms with Crippen LogP contribution < -0.4 is 11.2 Å². The van der Waals surface area contributed by atoms with E-state index in [2.05, 4.69) is 0 Å². The van der Waals surface area contributed by atoms with Crippen molar-refractivity contribution in [2.45, 2.75) is 50.7 Å². The molecule has 9 heteroatoms. The molecule has 2 heterocycles. The van der Waals surface area contributed by atoms with Gasteiger partial charge in [-0.25, -0.2) is 4.79 Å². The lowest BCUT2D eigenvalue weighted by Gasteiger charge is -2.21. The molecular formula is C12H16F2N2O5. The number of H-pyrrole nitrogens is 1. The smallest absolute Gasteiger partial charge is 0.330 e. The van der Waals surface area contributed by atoms with Crippen molar-refractivity contribution in [2.75, 3.05) is 0 Å². The molecule has 4 atom stereocenters. The molecule has 0 aliphatic carbocycles. The molecule has 1 aliphatic heterocycles. The normalized spacial score (nSPS) is 29.5. The maximum absolute atomic E-state index is 14.1. The molecule has 0 spiro atoms. The lowest BCUT2D eigenvalue weighted by Crippen LogP contribution is -2.44. The van der Waals surface area contributed by atoms with Gasteiger partial charge in [-0.15, -0.1) is 0 Å². The number of aromatic nitrogens is 2. The maximum atomic E-state index is 14.1. The van der Waals surface area contributed by atoms with Crippen LogP contribution in [0.2, 0.25) is 0 Å². The average Bonchev–Trinajstić information content (AvgIpc) is 2.62. The van der Waals surface area contributed by atoms with Gasteiger partial charge in [0.15, 0.2) is 6.10 Å². The predicted molar refractivity (Wildman–Crippen MR) is 67.2 cm³/mol. The number of aromatic amines is 1. The van der Waals surface area contributed by atoms with Crippen molar-refractivity contribution in [1.82, 2.24) is 9.55 Å². The van der Waals surface area contributed by atoms with E-state index in [0.29, 0.717) is 4.57 Å². The van der Waals surface area contributed by atoms with Gasteiger partial charge >= 0.3 is 11.6 Å². The van der Waals surface area contributed by atoms with Crippen LogP contribution in [0, 0.1) is 0 Å². The molecule has 4 unspecified atom stereocenters. The van der Waals surface area contributed by atoms with E-state index in [1.165, 1.54) is 6.92 Å². The number of nitrogens with zero attached hydrogens (tertiary/aromatic N) is 1. The number of halogens is 2. The van der Waals surface area contributed by atoms with Crippen molar-refractivity contribution in [2.24, 2.45) is 0 Å². The van der Waals surface area contributed by atoms with Gasteiger partial charge in [0.2, 0.25) is 6.23 Å². The second kappa shape index (κ2) is 5.32. The first kappa shape index (κ1) is 15.8. The number of hydrogen-bond acceptors (Lipinski definition) is 5. The number of ether oxygens (including phenoxy) is 1. The van der Waals surface area contributed by atoms with Crippen LogP contribution in [0.1, 0.15) is 25.6 Å². The minimum atomic E-state index is -3.78. The highest BCUT2D eigenvalue weighted by molar-refractivity contribution is 5.07. The average molecular weight is 306 g/mol. The Bertz CT molecular complexity index is 639. The molecule has 0 aromatic carbocycles. The highest BCUT2D eigenvalue weighted by Crippen LogP contribution is 2.43. The number of nitrogens with one attached hydrogen (secondary N) is 1. The topological polar surface area (TPSA) is 105 Å². The van der Waals surface area contributed by atoms with Crippen molar-refractivity contribution in [1.29, 1.82) is 0 Å². The second-order valence-corrected chi connectivity index (χ2v) is 4.99. The van der Waals surface area contributed by atoms with Gasteiger partial charge in [-0.05, 0) is 13.3 Å². The summed E-state index contributed by atoms with van der Waals surface area (Å²) in [6, 6.07) is 0. The van der Waals surface area contributed by atoms with E-state index in [1.807, 2.05) is 4.98 Å². The van der Waals surface area contributed by atoms with E-state index in [0.717, 1.165) is 6.20 Å². The Balaban J connectivity index is 2.52. The van der Waals surface area contributed by atoms with Gasteiger partial charge in [0.1, 0.15) is 6.10 Å². The van der Waals surface area contributed by atoms with Crippen molar-refractivity contribution in [3.63, 3.8) is 0 Å². The van der Waals surface area contributed by atoms with Crippen LogP contribution in [0.15, 0.2) is 15.8 Å². The molecule has 1 aromatic heterocycles. The summed E-state index contributed by atoms with van der Waals surface area (Å²) in [7, 11) is 0. The SMILES string of the molecule is CCc1cn(C2OC(C(C)O)C(O)C2(F)F)c(=O)[nH]c1=O. The molecular weight excluding hydrogens is 290 g/mol. The summed E-state index contributed by atoms with van der Waals surface area (Å²) in [5.41, 5.74) is -1.60. The summed E-state index contributed by atoms with van der Waals surface area (Å²) in [5, 5.41) is 18.9. The fourth-order valence-corrected chi connectivity index (χ4v) is 2.26. The van der Waals surface area contributed by atoms with Crippen LogP contribution in [0.3, 0.4) is 0 Å². The molecule has 0 amide bonds. The van der Waals surface area contributed by atoms with Gasteiger partial charge in [-0.3, -0.25) is 14.3 Å². The monoisotopic (exact) mass is 306 g/mol. The van der Waals surface area contributed by atoms with Crippen molar-refractivity contribution in [3.05, 3.63) is 32.6 Å². The molecule has 0 saturated carbocycles. The van der Waals surface area contributed by atoms with Crippen LogP contribution in [-0.4, -0.2) is 44.0 Å². The van der Waals surface area contributed by atoms with Gasteiger partial charge in [-0.2, -0.15) is 8.78 Å². The molecule has 0 bridgehead atoms. The number of aryl methyl sites for hydroxylation is 1. The molecule has 2 rings (SSSR count). The number of alkyl halides is 2. The van der Waals surface area contributed by atoms with Gasteiger partial charge < -0.3 is 14.9 Å². The van der Waals surface area contributed by atoms with E-state index in [9.17, 15) is 28.6 Å². The quantitative estimate of drug-likeness (QED) is 0.690. The number of aliphatic hydroxyl groups is 2. The van der Waals surface area contributed by atoms with Gasteiger partial charge in [0.05, 0.1) is 6.10 Å². The Kier molecular flexibility index (Phi) is 4.00. The molecule has 118 valence electrons. The third-order valence-electron chi connectivity index (χ3n) is 3.47. The minimum Gasteiger partial charge on any atom is -0.391 e. The molecule has 3 N–H and O–H groups in total. The first-order valence-corrected chi connectivity index (χ1v) is 6.43. The number of aliphatic hydroxyl groups excluding tert-OH is 2. The number of rotatable bonds is 3. The van der Waals surface area contributed by atoms with E-state index in [1.54, 1.807) is 6.92 Å². The summed E-state index contributed by atoms with van der Waals surface area (Å²) in [4.78, 5) is 25.1. The van der Waals surface area contributed by atoms with Crippen molar-refractivity contribution >= 4 is 0 Å². The van der Waals surface area contributed by atoms with Crippen molar-refractivity contribution in [3.8, 4) is 0 Å². The highest BCUT2D eigenvalue weighted by atomic mass is 19.3. The fraction of sp³-hybridized carbons (Fsp3) is 0.667. The van der Waals surface area contributed by atoms with Crippen LogP contribution in [-0.2, 0) is 11.2 Å². The third-order valence-corrected chi connectivity index (χ3v) is 3.47. The summed E-state index contributed by atoms with van der Waals surface area (Å²) >= 11 is 0. The summed E-state index contributed by atoms with van der Waals surface area (Å²) in [5.74, 6) is -3.78. The standard InChI is InChI=1S/C12H16F2N2O5/c1-3-6-4-16(11(20)15-9(6)19)10-12(13,14)8(18)7(21-10)5(2)17/h4-5,7-8,10,17-18H,3H2,1-2H3,(H,15,19,20). The van der Waals surface area contributed by atoms with Crippen LogP contribution in [0.4, 0.5) is 8.78 Å². The largest absolute Gasteiger partial charge is 0.391 e. The molecule has 7 nitrogen and oxygen atoms in total. The Morgan fingerprint density at radius 1 is 1.52 bits per heavy atom. The molecule has 1 saturated heterocycles. The van der Waals surface area contributed by atoms with Crippen LogP contribution in [0.25, 0.3) is 0 Å². The molecule has 0 radical (unpaired) electrons. The van der Waals surface area contributed by atoms with E-state index in [-0.39, 0.29) is 12.0 Å². The first-order chi connectivity index (χ1) is 9.70. The zero-order chi connectivity index (χ0) is 15.9. The maximum Gasteiger partial charge on any atom is 0.330 e. The Morgan fingerprint density at radius 3 is 2.62 bits per heavy atom. The lowest BCUT2D eigenvalue weighted by atomic mass is 10.1. The first-order valence-electron chi connectivity index (χ1n) is 6.43. The second-order valence-electron chi connectivity index (χ2n) is 4.99. The Morgan fingerprint density at radius 2 is 2.14 bits per heavy atom. The van der Waals surface area contributed by atoms with Crippen LogP contribution in [0.5, 0.6) is 0 Å². The van der Waals surface area contributed by atoms with Gasteiger partial charge in [-0.1, -0.05) is 6.92 Å². The van der Waals surface area contributed by atoms with E-state index < -0.39 is 41.7 Å². The van der Waals surface area contributed by atoms with E-state index >= 15 is 0 Å². The van der Waals surface area contributed by atoms with Gasteiger partial charge in [0, 0.05) is 11.8 Å².